The Morgan fingerprint density at radius 1 is 1.45 bits per heavy atom. The van der Waals surface area contributed by atoms with Gasteiger partial charge in [-0.2, -0.15) is 0 Å². The van der Waals surface area contributed by atoms with Crippen LogP contribution in [0.25, 0.3) is 0 Å². The summed E-state index contributed by atoms with van der Waals surface area (Å²) in [7, 11) is 0. The summed E-state index contributed by atoms with van der Waals surface area (Å²) in [6, 6.07) is 0. The minimum absolute atomic E-state index is 0.167. The van der Waals surface area contributed by atoms with Crippen molar-refractivity contribution in [3.05, 3.63) is 0 Å². The van der Waals surface area contributed by atoms with Crippen LogP contribution in [-0.2, 0) is 41.1 Å². The van der Waals surface area contributed by atoms with Gasteiger partial charge in [0.1, 0.15) is 5.78 Å². The average Bonchev–Trinajstić information content (AvgIpc) is 1.93. The Morgan fingerprint density at radius 2 is 1.73 bits per heavy atom. The van der Waals surface area contributed by atoms with Crippen LogP contribution >= 0.6 is 0 Å². The van der Waals surface area contributed by atoms with Gasteiger partial charge in [-0.3, -0.25) is 0 Å². The summed E-state index contributed by atoms with van der Waals surface area (Å²) in [6.45, 7) is 7.06. The van der Waals surface area contributed by atoms with Crippen molar-refractivity contribution in [2.24, 2.45) is 0 Å². The van der Waals surface area contributed by atoms with Crippen LogP contribution in [0.3, 0.4) is 0 Å². The molecule has 65 valence electrons. The Hall–Kier alpha value is 0.643. The van der Waals surface area contributed by atoms with Gasteiger partial charge >= 0.3 is 51.0 Å². The van der Waals surface area contributed by atoms with Gasteiger partial charge in [0, 0.05) is 0 Å². The standard InChI is InChI=1S/C3H6O.C2H3N.C2H6.V.W/c1-3(2)4;1-3-2;1-2;;/h1-2H3;1-3H;1-2H3;;. The normalized spacial score (nSPS) is 5.73. The van der Waals surface area contributed by atoms with Crippen LogP contribution < -0.4 is 5.32 Å². The molecule has 0 unspecified atom stereocenters. The third kappa shape index (κ3) is 114. The molecule has 4 heteroatoms. The molecule has 0 saturated heterocycles. The zero-order valence-electron chi connectivity index (χ0n) is 7.42. The van der Waals surface area contributed by atoms with Crippen LogP contribution in [-0.4, -0.2) is 15.2 Å². The van der Waals surface area contributed by atoms with E-state index in [-0.39, 0.29) is 5.78 Å². The van der Waals surface area contributed by atoms with Crippen molar-refractivity contribution in [3.8, 4) is 0 Å². The van der Waals surface area contributed by atoms with Gasteiger partial charge in [0.2, 0.25) is 0 Å². The zero-order valence-corrected chi connectivity index (χ0v) is 11.7. The molecule has 1 N–H and O–H groups in total. The predicted molar refractivity (Wildman–Crippen MR) is 43.0 cm³/mol. The first-order valence-electron chi connectivity index (χ1n) is 3.28. The van der Waals surface area contributed by atoms with E-state index in [1.54, 1.807) is 0 Å². The number of rotatable bonds is 2. The molecule has 0 heterocycles. The second kappa shape index (κ2) is 22.4. The number of hydrogen-bond acceptors (Lipinski definition) is 2. The zero-order chi connectivity index (χ0) is 9.70. The molecule has 0 spiro atoms. The topological polar surface area (TPSA) is 29.1 Å². The fourth-order valence-corrected chi connectivity index (χ4v) is 1.03. The van der Waals surface area contributed by atoms with Crippen LogP contribution in [0.15, 0.2) is 0 Å². The summed E-state index contributed by atoms with van der Waals surface area (Å²) >= 11 is 3.77. The van der Waals surface area contributed by atoms with E-state index < -0.39 is 0 Å². The minimum atomic E-state index is 0.167. The molecule has 0 fully saturated rings. The van der Waals surface area contributed by atoms with Crippen molar-refractivity contribution in [1.29, 1.82) is 0 Å². The fraction of sp³-hybridized carbons (Fsp3) is 0.571. The maximum atomic E-state index is 9.44. The molecule has 0 aromatic heterocycles. The predicted octanol–water partition coefficient (Wildman–Crippen LogP) is 0.810. The molecule has 0 aromatic rings. The SMILES string of the molecule is CC.CC(C)=O.[V]=[CH]N[CH]=[W]. The van der Waals surface area contributed by atoms with Crippen LogP contribution in [0.2, 0.25) is 0 Å². The summed E-state index contributed by atoms with van der Waals surface area (Å²) < 4.78 is 1.94. The summed E-state index contributed by atoms with van der Waals surface area (Å²) in [5.74, 6) is 0.167. The third-order valence-corrected chi connectivity index (χ3v) is 0.864. The second-order valence-electron chi connectivity index (χ2n) is 1.32. The molecule has 0 aliphatic carbocycles. The Labute approximate surface area is 89.0 Å². The maximum absolute atomic E-state index is 9.44. The van der Waals surface area contributed by atoms with Crippen molar-refractivity contribution in [1.82, 2.24) is 5.32 Å². The van der Waals surface area contributed by atoms with Crippen LogP contribution in [0, 0.1) is 0 Å². The van der Waals surface area contributed by atoms with E-state index in [0.717, 1.165) is 0 Å². The molecular formula is C7H15NOVW. The molecule has 0 amide bonds. The number of ketones is 1. The van der Waals surface area contributed by atoms with Crippen LogP contribution in [0.5, 0.6) is 0 Å². The van der Waals surface area contributed by atoms with E-state index in [0.29, 0.717) is 0 Å². The third-order valence-electron chi connectivity index (χ3n) is 0.143. The molecule has 0 atom stereocenters. The second-order valence-corrected chi connectivity index (χ2v) is 2.57. The Bertz CT molecular complexity index is 96.6. The number of nitrogens with one attached hydrogen (secondary N) is 1. The van der Waals surface area contributed by atoms with Gasteiger partial charge in [0.25, 0.3) is 0 Å². The number of carbonyl (C=O) groups excluding carboxylic acids is 1. The molecule has 0 saturated carbocycles. The molecule has 11 heavy (non-hydrogen) atoms. The van der Waals surface area contributed by atoms with E-state index in [1.807, 2.05) is 23.2 Å². The molecule has 0 aromatic carbocycles. The molecule has 0 aliphatic heterocycles. The van der Waals surface area contributed by atoms with Crippen molar-refractivity contribution in [3.63, 3.8) is 0 Å². The quantitative estimate of drug-likeness (QED) is 0.786. The van der Waals surface area contributed by atoms with E-state index in [1.165, 1.54) is 33.2 Å². The summed E-state index contributed by atoms with van der Waals surface area (Å²) in [5, 5.41) is 2.87. The van der Waals surface area contributed by atoms with Crippen molar-refractivity contribution >= 4 is 15.2 Å². The van der Waals surface area contributed by atoms with Gasteiger partial charge < -0.3 is 4.79 Å². The first kappa shape index (κ1) is 17.7. The molecule has 0 radical (unpaired) electrons. The first-order chi connectivity index (χ1) is 5.15. The van der Waals surface area contributed by atoms with E-state index in [9.17, 15) is 4.79 Å². The Kier molecular flexibility index (Phi) is 36.0. The number of carbonyl (C=O) groups is 1. The summed E-state index contributed by atoms with van der Waals surface area (Å²) in [4.78, 5) is 11.3. The molecule has 0 rings (SSSR count). The monoisotopic (exact) mass is 364 g/mol. The molecule has 0 bridgehead atoms. The van der Waals surface area contributed by atoms with Crippen molar-refractivity contribution < 1.29 is 41.1 Å². The Morgan fingerprint density at radius 3 is 1.73 bits per heavy atom. The van der Waals surface area contributed by atoms with Gasteiger partial charge in [0.15, 0.2) is 0 Å². The van der Waals surface area contributed by atoms with E-state index >= 15 is 0 Å². The summed E-state index contributed by atoms with van der Waals surface area (Å²) in [6.07, 6.45) is 0. The fourth-order valence-electron chi connectivity index (χ4n) is 0.0304. The van der Waals surface area contributed by atoms with Gasteiger partial charge in [0.05, 0.1) is 0 Å². The van der Waals surface area contributed by atoms with Crippen molar-refractivity contribution in [2.75, 3.05) is 0 Å². The van der Waals surface area contributed by atoms with Crippen molar-refractivity contribution in [2.45, 2.75) is 27.7 Å². The molecular weight excluding hydrogens is 349 g/mol. The van der Waals surface area contributed by atoms with Gasteiger partial charge in [-0.25, -0.2) is 0 Å². The van der Waals surface area contributed by atoms with Gasteiger partial charge in [-0.15, -0.1) is 0 Å². The number of hydrogen-bond donors (Lipinski definition) is 1. The van der Waals surface area contributed by atoms with Gasteiger partial charge in [-0.05, 0) is 13.8 Å². The molecule has 0 aliphatic rings. The van der Waals surface area contributed by atoms with E-state index in [4.69, 9.17) is 0 Å². The van der Waals surface area contributed by atoms with Gasteiger partial charge in [-0.1, -0.05) is 13.8 Å². The number of Topliss-reactive ketones (excluding diaryl/α,β-unsaturated/α-hetero) is 1. The summed E-state index contributed by atoms with van der Waals surface area (Å²) in [5.41, 5.74) is 0. The average molecular weight is 364 g/mol. The van der Waals surface area contributed by atoms with E-state index in [2.05, 4.69) is 22.3 Å². The Balaban J connectivity index is -0.0000000965. The van der Waals surface area contributed by atoms with Crippen LogP contribution in [0.4, 0.5) is 0 Å². The first-order valence-corrected chi connectivity index (χ1v) is 5.78. The van der Waals surface area contributed by atoms with Crippen LogP contribution in [0.1, 0.15) is 27.7 Å². The molecule has 2 nitrogen and oxygen atoms in total.